The number of rotatable bonds is 4. The lowest BCUT2D eigenvalue weighted by atomic mass is 10.0. The van der Waals surface area contributed by atoms with Crippen LogP contribution in [-0.4, -0.2) is 23.2 Å². The van der Waals surface area contributed by atoms with Crippen molar-refractivity contribution in [1.29, 1.82) is 0 Å². The number of hydrogen-bond donors (Lipinski definition) is 3. The molecule has 2 unspecified atom stereocenters. The number of hydrogen-bond acceptors (Lipinski definition) is 2. The number of aliphatic hydroxyl groups excluding tert-OH is 1. The summed E-state index contributed by atoms with van der Waals surface area (Å²) in [4.78, 5) is 11.5. The monoisotopic (exact) mass is 314 g/mol. The first kappa shape index (κ1) is 15.0. The Balaban J connectivity index is 2.58. The minimum atomic E-state index is -0.726. The van der Waals surface area contributed by atoms with Gasteiger partial charge in [-0.1, -0.05) is 28.1 Å². The molecule has 100 valence electrons. The van der Waals surface area contributed by atoms with Gasteiger partial charge in [-0.3, -0.25) is 0 Å². The number of urea groups is 1. The fraction of sp³-hybridized carbons (Fsp3) is 0.462. The first-order valence-corrected chi connectivity index (χ1v) is 6.70. The van der Waals surface area contributed by atoms with Gasteiger partial charge in [0.25, 0.3) is 0 Å². The van der Waals surface area contributed by atoms with E-state index in [9.17, 15) is 9.90 Å². The molecular weight excluding hydrogens is 296 g/mol. The maximum absolute atomic E-state index is 11.5. The van der Waals surface area contributed by atoms with Crippen LogP contribution < -0.4 is 10.6 Å². The van der Waals surface area contributed by atoms with E-state index in [1.165, 1.54) is 0 Å². The molecule has 0 aliphatic heterocycles. The van der Waals surface area contributed by atoms with Gasteiger partial charge in [-0.15, -0.1) is 0 Å². The Labute approximate surface area is 116 Å². The first-order chi connectivity index (χ1) is 8.40. The standard InChI is InChI=1S/C13H19BrN2O2/c1-8(2)15-13(18)16-9(3)12(17)10-4-6-11(14)7-5-10/h4-9,12,17H,1-3H3,(H2,15,16,18). The van der Waals surface area contributed by atoms with E-state index in [0.717, 1.165) is 10.0 Å². The Hall–Kier alpha value is -1.07. The molecule has 0 saturated heterocycles. The number of aliphatic hydroxyl groups is 1. The fourth-order valence-electron chi connectivity index (χ4n) is 1.54. The lowest BCUT2D eigenvalue weighted by Crippen LogP contribution is -2.45. The largest absolute Gasteiger partial charge is 0.386 e. The van der Waals surface area contributed by atoms with Crippen LogP contribution in [0.3, 0.4) is 0 Å². The van der Waals surface area contributed by atoms with Crippen LogP contribution in [0.15, 0.2) is 28.7 Å². The summed E-state index contributed by atoms with van der Waals surface area (Å²) in [6, 6.07) is 6.82. The molecule has 2 amide bonds. The third-order valence-electron chi connectivity index (χ3n) is 2.46. The van der Waals surface area contributed by atoms with Crippen molar-refractivity contribution in [2.45, 2.75) is 39.0 Å². The number of benzene rings is 1. The van der Waals surface area contributed by atoms with E-state index in [4.69, 9.17) is 0 Å². The number of carbonyl (C=O) groups is 1. The summed E-state index contributed by atoms with van der Waals surface area (Å²) < 4.78 is 0.955. The molecule has 2 atom stereocenters. The van der Waals surface area contributed by atoms with Crippen LogP contribution >= 0.6 is 15.9 Å². The van der Waals surface area contributed by atoms with Gasteiger partial charge in [0, 0.05) is 10.5 Å². The lowest BCUT2D eigenvalue weighted by molar-refractivity contribution is 0.137. The van der Waals surface area contributed by atoms with Gasteiger partial charge in [0.15, 0.2) is 0 Å². The molecule has 0 bridgehead atoms. The second-order valence-electron chi connectivity index (χ2n) is 4.56. The summed E-state index contributed by atoms with van der Waals surface area (Å²) in [5.41, 5.74) is 0.774. The van der Waals surface area contributed by atoms with Crippen molar-refractivity contribution in [3.05, 3.63) is 34.3 Å². The fourth-order valence-corrected chi connectivity index (χ4v) is 1.80. The average Bonchev–Trinajstić information content (AvgIpc) is 2.27. The Morgan fingerprint density at radius 2 is 1.72 bits per heavy atom. The van der Waals surface area contributed by atoms with Gasteiger partial charge in [-0.2, -0.15) is 0 Å². The van der Waals surface area contributed by atoms with Gasteiger partial charge >= 0.3 is 6.03 Å². The molecule has 1 aromatic carbocycles. The van der Waals surface area contributed by atoms with Crippen LogP contribution in [0.5, 0.6) is 0 Å². The molecule has 18 heavy (non-hydrogen) atoms. The minimum Gasteiger partial charge on any atom is -0.386 e. The van der Waals surface area contributed by atoms with Crippen LogP contribution in [0, 0.1) is 0 Å². The third-order valence-corrected chi connectivity index (χ3v) is 2.99. The number of carbonyl (C=O) groups excluding carboxylic acids is 1. The summed E-state index contributed by atoms with van der Waals surface area (Å²) in [5, 5.41) is 15.5. The van der Waals surface area contributed by atoms with Crippen molar-refractivity contribution in [2.24, 2.45) is 0 Å². The highest BCUT2D eigenvalue weighted by Crippen LogP contribution is 2.19. The SMILES string of the molecule is CC(C)NC(=O)NC(C)C(O)c1ccc(Br)cc1. The molecule has 0 aliphatic carbocycles. The smallest absolute Gasteiger partial charge is 0.315 e. The molecule has 0 heterocycles. The second-order valence-corrected chi connectivity index (χ2v) is 5.47. The molecule has 1 aromatic rings. The number of halogens is 1. The molecule has 0 aliphatic rings. The second kappa shape index (κ2) is 6.75. The molecular formula is C13H19BrN2O2. The third kappa shape index (κ3) is 4.66. The molecule has 0 spiro atoms. The highest BCUT2D eigenvalue weighted by molar-refractivity contribution is 9.10. The maximum atomic E-state index is 11.5. The van der Waals surface area contributed by atoms with Crippen LogP contribution in [0.4, 0.5) is 4.79 Å². The zero-order valence-corrected chi connectivity index (χ0v) is 12.4. The van der Waals surface area contributed by atoms with Gasteiger partial charge in [0.2, 0.25) is 0 Å². The molecule has 5 heteroatoms. The Bertz CT molecular complexity index is 392. The lowest BCUT2D eigenvalue weighted by Gasteiger charge is -2.21. The number of amides is 2. The summed E-state index contributed by atoms with van der Waals surface area (Å²) >= 11 is 3.34. The van der Waals surface area contributed by atoms with Crippen molar-refractivity contribution < 1.29 is 9.90 Å². The van der Waals surface area contributed by atoms with E-state index in [2.05, 4.69) is 26.6 Å². The quantitative estimate of drug-likeness (QED) is 0.800. The van der Waals surface area contributed by atoms with E-state index in [1.54, 1.807) is 6.92 Å². The highest BCUT2D eigenvalue weighted by Gasteiger charge is 2.18. The summed E-state index contributed by atoms with van der Waals surface area (Å²) in [6.07, 6.45) is -0.726. The van der Waals surface area contributed by atoms with Crippen LogP contribution in [0.25, 0.3) is 0 Å². The van der Waals surface area contributed by atoms with Gasteiger partial charge in [-0.25, -0.2) is 4.79 Å². The van der Waals surface area contributed by atoms with Crippen LogP contribution in [0.1, 0.15) is 32.4 Å². The first-order valence-electron chi connectivity index (χ1n) is 5.90. The van der Waals surface area contributed by atoms with Gasteiger partial charge < -0.3 is 15.7 Å². The summed E-state index contributed by atoms with van der Waals surface area (Å²) in [5.74, 6) is 0. The van der Waals surface area contributed by atoms with Crippen molar-refractivity contribution in [3.63, 3.8) is 0 Å². The minimum absolute atomic E-state index is 0.0713. The van der Waals surface area contributed by atoms with Gasteiger partial charge in [-0.05, 0) is 38.5 Å². The molecule has 1 rings (SSSR count). The van der Waals surface area contributed by atoms with Crippen molar-refractivity contribution in [1.82, 2.24) is 10.6 Å². The molecule has 0 radical (unpaired) electrons. The predicted octanol–water partition coefficient (Wildman–Crippen LogP) is 2.58. The molecule has 0 fully saturated rings. The van der Waals surface area contributed by atoms with Crippen molar-refractivity contribution in [2.75, 3.05) is 0 Å². The highest BCUT2D eigenvalue weighted by atomic mass is 79.9. The molecule has 0 aromatic heterocycles. The summed E-state index contributed by atoms with van der Waals surface area (Å²) in [7, 11) is 0. The normalized spacial score (nSPS) is 14.1. The van der Waals surface area contributed by atoms with Gasteiger partial charge in [0.1, 0.15) is 0 Å². The Morgan fingerprint density at radius 3 is 2.22 bits per heavy atom. The summed E-state index contributed by atoms with van der Waals surface area (Å²) in [6.45, 7) is 5.54. The van der Waals surface area contributed by atoms with Crippen LogP contribution in [0.2, 0.25) is 0 Å². The molecule has 0 saturated carbocycles. The number of nitrogens with one attached hydrogen (secondary N) is 2. The van der Waals surface area contributed by atoms with Gasteiger partial charge in [0.05, 0.1) is 12.1 Å². The molecule has 4 nitrogen and oxygen atoms in total. The van der Waals surface area contributed by atoms with E-state index in [0.29, 0.717) is 0 Å². The predicted molar refractivity (Wildman–Crippen MR) is 75.4 cm³/mol. The Morgan fingerprint density at radius 1 is 1.17 bits per heavy atom. The van der Waals surface area contributed by atoms with E-state index < -0.39 is 6.10 Å². The van der Waals surface area contributed by atoms with Crippen LogP contribution in [-0.2, 0) is 0 Å². The van der Waals surface area contributed by atoms with E-state index in [1.807, 2.05) is 38.1 Å². The Kier molecular flexibility index (Phi) is 5.62. The van der Waals surface area contributed by atoms with Crippen molar-refractivity contribution >= 4 is 22.0 Å². The van der Waals surface area contributed by atoms with Crippen molar-refractivity contribution in [3.8, 4) is 0 Å². The zero-order valence-electron chi connectivity index (χ0n) is 10.8. The van der Waals surface area contributed by atoms with E-state index >= 15 is 0 Å². The topological polar surface area (TPSA) is 61.4 Å². The molecule has 3 N–H and O–H groups in total. The maximum Gasteiger partial charge on any atom is 0.315 e. The zero-order chi connectivity index (χ0) is 13.7. The average molecular weight is 315 g/mol. The van der Waals surface area contributed by atoms with E-state index in [-0.39, 0.29) is 18.1 Å².